The number of anilines is 2. The van der Waals surface area contributed by atoms with Crippen molar-refractivity contribution in [3.63, 3.8) is 0 Å². The third-order valence-corrected chi connectivity index (χ3v) is 5.39. The third kappa shape index (κ3) is 3.82. The highest BCUT2D eigenvalue weighted by Gasteiger charge is 2.40. The first-order valence-corrected chi connectivity index (χ1v) is 10.1. The summed E-state index contributed by atoms with van der Waals surface area (Å²) in [5.41, 5.74) is 5.73. The normalized spacial score (nSPS) is 13.7. The predicted molar refractivity (Wildman–Crippen MR) is 123 cm³/mol. The Morgan fingerprint density at radius 2 is 1.42 bits per heavy atom. The average molecular weight is 412 g/mol. The molecule has 0 spiro atoms. The van der Waals surface area contributed by atoms with Crippen LogP contribution in [-0.4, -0.2) is 18.9 Å². The number of nitrogens with zero attached hydrogens (tertiary/aromatic N) is 1. The maximum absolute atomic E-state index is 13.5. The molecule has 0 radical (unpaired) electrons. The minimum Gasteiger partial charge on any atom is -0.497 e. The molecule has 0 aromatic heterocycles. The number of rotatable bonds is 5. The number of aryl methyl sites for hydroxylation is 3. The van der Waals surface area contributed by atoms with Gasteiger partial charge in [0, 0.05) is 5.69 Å². The summed E-state index contributed by atoms with van der Waals surface area (Å²) >= 11 is 0. The molecule has 0 saturated carbocycles. The molecule has 4 rings (SSSR count). The smallest absolute Gasteiger partial charge is 0.282 e. The van der Waals surface area contributed by atoms with Crippen LogP contribution in [0.25, 0.3) is 5.57 Å². The van der Waals surface area contributed by atoms with Gasteiger partial charge in [-0.2, -0.15) is 0 Å². The van der Waals surface area contributed by atoms with Crippen molar-refractivity contribution in [2.45, 2.75) is 20.8 Å². The number of carbonyl (C=O) groups excluding carboxylic acids is 2. The van der Waals surface area contributed by atoms with E-state index in [1.54, 1.807) is 31.4 Å². The molecule has 5 nitrogen and oxygen atoms in total. The standard InChI is InChI=1S/C26H24N2O3/c1-16-5-10-20(11-6-16)28-25(29)23(22-14-7-17(2)15-18(22)3)24(26(28)30)27-19-8-12-21(31-4)13-9-19/h5-15,27H,1-4H3. The molecule has 0 fully saturated rings. The van der Waals surface area contributed by atoms with E-state index in [0.29, 0.717) is 22.7 Å². The van der Waals surface area contributed by atoms with Crippen LogP contribution in [0.4, 0.5) is 11.4 Å². The van der Waals surface area contributed by atoms with Gasteiger partial charge in [0.25, 0.3) is 11.8 Å². The molecule has 156 valence electrons. The van der Waals surface area contributed by atoms with Crippen molar-refractivity contribution in [2.24, 2.45) is 0 Å². The third-order valence-electron chi connectivity index (χ3n) is 5.39. The molecule has 1 heterocycles. The lowest BCUT2D eigenvalue weighted by atomic mass is 9.97. The number of benzene rings is 3. The lowest BCUT2D eigenvalue weighted by Crippen LogP contribution is -2.32. The maximum Gasteiger partial charge on any atom is 0.282 e. The Bertz CT molecular complexity index is 1190. The van der Waals surface area contributed by atoms with E-state index >= 15 is 0 Å². The number of hydrogen-bond acceptors (Lipinski definition) is 4. The average Bonchev–Trinajstić information content (AvgIpc) is 2.99. The Morgan fingerprint density at radius 1 is 0.774 bits per heavy atom. The zero-order chi connectivity index (χ0) is 22.1. The van der Waals surface area contributed by atoms with Gasteiger partial charge in [0.05, 0.1) is 18.4 Å². The van der Waals surface area contributed by atoms with Crippen molar-refractivity contribution in [3.8, 4) is 5.75 Å². The zero-order valence-corrected chi connectivity index (χ0v) is 18.0. The molecule has 1 aliphatic rings. The Kier molecular flexibility index (Phi) is 5.34. The Labute approximate surface area is 182 Å². The van der Waals surface area contributed by atoms with Crippen molar-refractivity contribution in [1.82, 2.24) is 0 Å². The summed E-state index contributed by atoms with van der Waals surface area (Å²) < 4.78 is 5.21. The van der Waals surface area contributed by atoms with Crippen molar-refractivity contribution in [1.29, 1.82) is 0 Å². The summed E-state index contributed by atoms with van der Waals surface area (Å²) in [5, 5.41) is 3.19. The van der Waals surface area contributed by atoms with Gasteiger partial charge >= 0.3 is 0 Å². The number of amides is 2. The van der Waals surface area contributed by atoms with Gasteiger partial charge in [-0.05, 0) is 68.3 Å². The monoisotopic (exact) mass is 412 g/mol. The lowest BCUT2D eigenvalue weighted by Gasteiger charge is -2.16. The molecular formula is C26H24N2O3. The van der Waals surface area contributed by atoms with E-state index in [2.05, 4.69) is 5.32 Å². The number of nitrogens with one attached hydrogen (secondary N) is 1. The predicted octanol–water partition coefficient (Wildman–Crippen LogP) is 5.02. The van der Waals surface area contributed by atoms with Gasteiger partial charge in [-0.25, -0.2) is 4.90 Å². The SMILES string of the molecule is COc1ccc(NC2=C(c3ccc(C)cc3C)C(=O)N(c3ccc(C)cc3)C2=O)cc1. The summed E-state index contributed by atoms with van der Waals surface area (Å²) in [5.74, 6) is 0.000651. The highest BCUT2D eigenvalue weighted by Crippen LogP contribution is 2.35. The number of ether oxygens (including phenoxy) is 1. The largest absolute Gasteiger partial charge is 0.497 e. The summed E-state index contributed by atoms with van der Waals surface area (Å²) in [7, 11) is 1.60. The van der Waals surface area contributed by atoms with Crippen LogP contribution in [0.3, 0.4) is 0 Å². The van der Waals surface area contributed by atoms with Crippen LogP contribution >= 0.6 is 0 Å². The number of hydrogen-bond donors (Lipinski definition) is 1. The van der Waals surface area contributed by atoms with E-state index < -0.39 is 0 Å². The van der Waals surface area contributed by atoms with Crippen LogP contribution in [-0.2, 0) is 9.59 Å². The quantitative estimate of drug-likeness (QED) is 0.598. The minimum absolute atomic E-state index is 0.266. The molecule has 5 heteroatoms. The zero-order valence-electron chi connectivity index (χ0n) is 18.0. The van der Waals surface area contributed by atoms with Crippen molar-refractivity contribution in [3.05, 3.63) is 94.7 Å². The van der Waals surface area contributed by atoms with Crippen molar-refractivity contribution >= 4 is 28.8 Å². The molecule has 3 aromatic rings. The van der Waals surface area contributed by atoms with Crippen LogP contribution in [0.1, 0.15) is 22.3 Å². The fourth-order valence-corrected chi connectivity index (χ4v) is 3.74. The molecule has 0 aliphatic carbocycles. The van der Waals surface area contributed by atoms with E-state index in [4.69, 9.17) is 4.74 Å². The first kappa shape index (κ1) is 20.4. The van der Waals surface area contributed by atoms with Crippen LogP contribution in [0, 0.1) is 20.8 Å². The number of carbonyl (C=O) groups is 2. The Morgan fingerprint density at radius 3 is 2.03 bits per heavy atom. The first-order chi connectivity index (χ1) is 14.9. The molecule has 31 heavy (non-hydrogen) atoms. The van der Waals surface area contributed by atoms with Gasteiger partial charge in [0.15, 0.2) is 0 Å². The van der Waals surface area contributed by atoms with Crippen LogP contribution < -0.4 is 15.0 Å². The molecule has 0 unspecified atom stereocenters. The summed E-state index contributed by atoms with van der Waals surface area (Å²) in [4.78, 5) is 28.2. The van der Waals surface area contributed by atoms with Crippen molar-refractivity contribution < 1.29 is 14.3 Å². The van der Waals surface area contributed by atoms with Crippen molar-refractivity contribution in [2.75, 3.05) is 17.3 Å². The molecule has 1 N–H and O–H groups in total. The molecule has 3 aromatic carbocycles. The van der Waals surface area contributed by atoms with E-state index in [9.17, 15) is 9.59 Å². The van der Waals surface area contributed by atoms with Crippen LogP contribution in [0.15, 0.2) is 72.4 Å². The lowest BCUT2D eigenvalue weighted by molar-refractivity contribution is -0.120. The highest BCUT2D eigenvalue weighted by atomic mass is 16.5. The van der Waals surface area contributed by atoms with E-state index in [1.165, 1.54) is 4.90 Å². The number of methoxy groups -OCH3 is 1. The van der Waals surface area contributed by atoms with Crippen LogP contribution in [0.2, 0.25) is 0 Å². The summed E-state index contributed by atoms with van der Waals surface area (Å²) in [6.07, 6.45) is 0. The Hall–Kier alpha value is -3.86. The molecular weight excluding hydrogens is 388 g/mol. The Balaban J connectivity index is 1.82. The van der Waals surface area contributed by atoms with Gasteiger partial charge in [-0.1, -0.05) is 41.5 Å². The van der Waals surface area contributed by atoms with Gasteiger partial charge in [0.1, 0.15) is 11.4 Å². The number of imide groups is 1. The van der Waals surface area contributed by atoms with Gasteiger partial charge in [0.2, 0.25) is 0 Å². The van der Waals surface area contributed by atoms with E-state index in [-0.39, 0.29) is 17.5 Å². The minimum atomic E-state index is -0.375. The first-order valence-electron chi connectivity index (χ1n) is 10.1. The second-order valence-corrected chi connectivity index (χ2v) is 7.70. The second kappa shape index (κ2) is 8.11. The topological polar surface area (TPSA) is 58.6 Å². The van der Waals surface area contributed by atoms with Gasteiger partial charge < -0.3 is 10.1 Å². The fourth-order valence-electron chi connectivity index (χ4n) is 3.74. The molecule has 0 atom stereocenters. The summed E-state index contributed by atoms with van der Waals surface area (Å²) in [6.45, 7) is 5.92. The molecule has 0 saturated heterocycles. The van der Waals surface area contributed by atoms with Crippen LogP contribution in [0.5, 0.6) is 5.75 Å². The molecule has 0 bridgehead atoms. The van der Waals surface area contributed by atoms with E-state index in [0.717, 1.165) is 22.3 Å². The molecule has 2 amide bonds. The second-order valence-electron chi connectivity index (χ2n) is 7.70. The van der Waals surface area contributed by atoms with Gasteiger partial charge in [-0.15, -0.1) is 0 Å². The summed E-state index contributed by atoms with van der Waals surface area (Å²) in [6, 6.07) is 20.5. The van der Waals surface area contributed by atoms with E-state index in [1.807, 2.05) is 63.2 Å². The van der Waals surface area contributed by atoms with Gasteiger partial charge in [-0.3, -0.25) is 9.59 Å². The molecule has 1 aliphatic heterocycles. The fraction of sp³-hybridized carbons (Fsp3) is 0.154. The maximum atomic E-state index is 13.5. The highest BCUT2D eigenvalue weighted by molar-refractivity contribution is 6.46.